The van der Waals surface area contributed by atoms with Crippen LogP contribution in [0.25, 0.3) is 0 Å². The molecule has 34 heavy (non-hydrogen) atoms. The Bertz CT molecular complexity index is 1100. The summed E-state index contributed by atoms with van der Waals surface area (Å²) in [4.78, 5) is 25.3. The number of halogens is 4. The van der Waals surface area contributed by atoms with Gasteiger partial charge in [0.2, 0.25) is 0 Å². The summed E-state index contributed by atoms with van der Waals surface area (Å²) in [6, 6.07) is 6.02. The monoisotopic (exact) mass is 476 g/mol. The number of anilines is 2. The van der Waals surface area contributed by atoms with Gasteiger partial charge in [0.25, 0.3) is 0 Å². The van der Waals surface area contributed by atoms with Gasteiger partial charge in [0.05, 0.1) is 17.2 Å². The number of nitrogens with one attached hydrogen (secondary N) is 1. The molecule has 0 aromatic heterocycles. The van der Waals surface area contributed by atoms with E-state index in [0.29, 0.717) is 25.3 Å². The van der Waals surface area contributed by atoms with Crippen LogP contribution in [0.2, 0.25) is 0 Å². The van der Waals surface area contributed by atoms with E-state index in [9.17, 15) is 27.3 Å². The first-order valence-electron chi connectivity index (χ1n) is 10.5. The smallest absolute Gasteiger partial charge is 0.308 e. The van der Waals surface area contributed by atoms with Gasteiger partial charge in [-0.15, -0.1) is 6.58 Å². The van der Waals surface area contributed by atoms with Crippen molar-refractivity contribution >= 4 is 17.4 Å². The normalized spacial score (nSPS) is 12.9. The van der Waals surface area contributed by atoms with E-state index in [2.05, 4.69) is 17.1 Å². The van der Waals surface area contributed by atoms with E-state index in [-0.39, 0.29) is 16.9 Å². The predicted molar refractivity (Wildman–Crippen MR) is 122 cm³/mol. The maximum Gasteiger partial charge on any atom is 0.417 e. The number of nitrogens with zero attached hydrogens (tertiary/aromatic N) is 3. The van der Waals surface area contributed by atoms with Gasteiger partial charge in [0, 0.05) is 23.0 Å². The van der Waals surface area contributed by atoms with Gasteiger partial charge in [0.15, 0.2) is 0 Å². The highest BCUT2D eigenvalue weighted by atomic mass is 19.4. The van der Waals surface area contributed by atoms with Crippen molar-refractivity contribution in [1.29, 1.82) is 5.26 Å². The highest BCUT2D eigenvalue weighted by molar-refractivity contribution is 6.02. The molecule has 2 unspecified atom stereocenters. The number of carbonyl (C=O) groups excluding carboxylic acids is 1. The molecule has 2 atom stereocenters. The molecular formula is C24H24F4N4O2. The van der Waals surface area contributed by atoms with Gasteiger partial charge in [-0.25, -0.2) is 9.18 Å². The second-order valence-electron chi connectivity index (χ2n) is 7.62. The van der Waals surface area contributed by atoms with Crippen molar-refractivity contribution in [2.24, 2.45) is 5.18 Å². The Hall–Kier alpha value is -3.74. The Morgan fingerprint density at radius 2 is 2.00 bits per heavy atom. The van der Waals surface area contributed by atoms with Crippen molar-refractivity contribution in [1.82, 2.24) is 0 Å². The zero-order chi connectivity index (χ0) is 25.5. The van der Waals surface area contributed by atoms with E-state index in [0.717, 1.165) is 12.1 Å². The average Bonchev–Trinajstić information content (AvgIpc) is 2.78. The van der Waals surface area contributed by atoms with Crippen molar-refractivity contribution in [3.05, 3.63) is 76.5 Å². The number of nitroso groups, excluding NO2 is 1. The third kappa shape index (κ3) is 6.19. The summed E-state index contributed by atoms with van der Waals surface area (Å²) in [6.07, 6.45) is -1.67. The first kappa shape index (κ1) is 26.5. The fraction of sp³-hybridized carbons (Fsp3) is 0.333. The molecule has 0 heterocycles. The van der Waals surface area contributed by atoms with Crippen LogP contribution >= 0.6 is 0 Å². The van der Waals surface area contributed by atoms with Crippen molar-refractivity contribution < 1.29 is 22.4 Å². The van der Waals surface area contributed by atoms with Crippen LogP contribution in [0.4, 0.5) is 33.7 Å². The number of amides is 2. The second-order valence-corrected chi connectivity index (χ2v) is 7.62. The number of hydrogen-bond acceptors (Lipinski definition) is 4. The molecule has 180 valence electrons. The van der Waals surface area contributed by atoms with E-state index in [1.807, 2.05) is 6.92 Å². The minimum Gasteiger partial charge on any atom is -0.308 e. The van der Waals surface area contributed by atoms with Crippen molar-refractivity contribution in [2.45, 2.75) is 51.4 Å². The van der Waals surface area contributed by atoms with Gasteiger partial charge >= 0.3 is 12.2 Å². The number of nitriles is 1. The Labute approximate surface area is 194 Å². The van der Waals surface area contributed by atoms with Crippen molar-refractivity contribution in [3.8, 4) is 6.07 Å². The number of hydrogen-bond donors (Lipinski definition) is 1. The van der Waals surface area contributed by atoms with E-state index in [1.54, 1.807) is 6.08 Å². The molecule has 0 saturated heterocycles. The molecule has 0 bridgehead atoms. The number of alkyl halides is 3. The van der Waals surface area contributed by atoms with E-state index < -0.39 is 41.2 Å². The first-order valence-corrected chi connectivity index (χ1v) is 10.5. The minimum absolute atomic E-state index is 0.0526. The Kier molecular flexibility index (Phi) is 8.90. The van der Waals surface area contributed by atoms with Crippen LogP contribution in [-0.2, 0) is 6.18 Å². The molecule has 0 radical (unpaired) electrons. The van der Waals surface area contributed by atoms with E-state index >= 15 is 0 Å². The zero-order valence-corrected chi connectivity index (χ0v) is 18.7. The fourth-order valence-corrected chi connectivity index (χ4v) is 3.57. The summed E-state index contributed by atoms with van der Waals surface area (Å²) < 4.78 is 54.7. The summed E-state index contributed by atoms with van der Waals surface area (Å²) in [7, 11) is 0. The average molecular weight is 476 g/mol. The molecule has 0 aliphatic rings. The molecule has 0 aliphatic heterocycles. The largest absolute Gasteiger partial charge is 0.417 e. The van der Waals surface area contributed by atoms with Crippen LogP contribution in [0.3, 0.4) is 0 Å². The molecule has 6 nitrogen and oxygen atoms in total. The lowest BCUT2D eigenvalue weighted by Crippen LogP contribution is -2.43. The summed E-state index contributed by atoms with van der Waals surface area (Å²) in [6.45, 7) is 7.01. The molecule has 0 fully saturated rings. The lowest BCUT2D eigenvalue weighted by atomic mass is 10.0. The number of urea groups is 1. The molecule has 0 spiro atoms. The molecule has 2 aromatic carbocycles. The third-order valence-electron chi connectivity index (χ3n) is 5.21. The van der Waals surface area contributed by atoms with E-state index in [4.69, 9.17) is 5.26 Å². The highest BCUT2D eigenvalue weighted by Gasteiger charge is 2.34. The molecule has 10 heteroatoms. The van der Waals surface area contributed by atoms with Gasteiger partial charge in [-0.05, 0) is 50.1 Å². The summed E-state index contributed by atoms with van der Waals surface area (Å²) in [5, 5.41) is 14.2. The van der Waals surface area contributed by atoms with Gasteiger partial charge in [-0.2, -0.15) is 23.3 Å². The Morgan fingerprint density at radius 1 is 1.29 bits per heavy atom. The number of carbonyl (C=O) groups is 1. The molecule has 2 aromatic rings. The lowest BCUT2D eigenvalue weighted by molar-refractivity contribution is -0.137. The topological polar surface area (TPSA) is 85.6 Å². The van der Waals surface area contributed by atoms with Crippen molar-refractivity contribution in [3.63, 3.8) is 0 Å². The third-order valence-corrected chi connectivity index (χ3v) is 5.21. The van der Waals surface area contributed by atoms with Crippen molar-refractivity contribution in [2.75, 3.05) is 10.2 Å². The van der Waals surface area contributed by atoms with Gasteiger partial charge in [0.1, 0.15) is 11.9 Å². The first-order chi connectivity index (χ1) is 16.1. The highest BCUT2D eigenvalue weighted by Crippen LogP contribution is 2.34. The summed E-state index contributed by atoms with van der Waals surface area (Å²) >= 11 is 0. The number of rotatable bonds is 9. The quantitative estimate of drug-likeness (QED) is 0.234. The predicted octanol–water partition coefficient (Wildman–Crippen LogP) is 7.33. The molecule has 2 amide bonds. The molecule has 0 aliphatic carbocycles. The second kappa shape index (κ2) is 11.4. The molecular weight excluding hydrogens is 452 g/mol. The van der Waals surface area contributed by atoms with Gasteiger partial charge in [-0.3, -0.25) is 4.90 Å². The maximum atomic E-state index is 14.7. The van der Waals surface area contributed by atoms with Gasteiger partial charge in [-0.1, -0.05) is 30.7 Å². The number of benzene rings is 2. The Balaban J connectivity index is 2.51. The Morgan fingerprint density at radius 3 is 2.53 bits per heavy atom. The van der Waals surface area contributed by atoms with Crippen LogP contribution in [0.1, 0.15) is 55.8 Å². The van der Waals surface area contributed by atoms with Crippen LogP contribution in [0, 0.1) is 22.1 Å². The molecule has 2 rings (SSSR count). The molecule has 0 saturated carbocycles. The van der Waals surface area contributed by atoms with E-state index in [1.165, 1.54) is 36.1 Å². The zero-order valence-electron chi connectivity index (χ0n) is 18.7. The molecule has 1 N–H and O–H groups in total. The van der Waals surface area contributed by atoms with Crippen LogP contribution in [0.15, 0.2) is 54.2 Å². The lowest BCUT2D eigenvalue weighted by Gasteiger charge is -2.32. The fourth-order valence-electron chi connectivity index (χ4n) is 3.57. The minimum atomic E-state index is -4.79. The summed E-state index contributed by atoms with van der Waals surface area (Å²) in [5.74, 6) is -0.742. The van der Waals surface area contributed by atoms with Gasteiger partial charge < -0.3 is 5.32 Å². The van der Waals surface area contributed by atoms with Crippen LogP contribution in [-0.4, -0.2) is 12.1 Å². The standard InChI is InChI=1S/C24H24F4N4O2/c1-4-6-18(7-5-2)32(19-10-11-20(15(3)31-34)22(25)13-19)23(33)30-17-9-8-16(14-29)21(12-17)24(26,27)28/h4,8-13,15,18H,1,5-7H2,2-3H3,(H,30,33). The SMILES string of the molecule is C=CCC(CCC)N(C(=O)Nc1ccc(C#N)c(C(F)(F)F)c1)c1ccc(C(C)N=O)c(F)c1. The maximum absolute atomic E-state index is 14.7. The summed E-state index contributed by atoms with van der Waals surface area (Å²) in [5.41, 5.74) is -1.72. The van der Waals surface area contributed by atoms with Crippen LogP contribution in [0.5, 0.6) is 0 Å². The van der Waals surface area contributed by atoms with Crippen LogP contribution < -0.4 is 10.2 Å².